The predicted molar refractivity (Wildman–Crippen MR) is 59.8 cm³/mol. The normalized spacial score (nSPS) is 11.9. The molecule has 0 heterocycles. The number of benzene rings is 1. The van der Waals surface area contributed by atoms with Crippen molar-refractivity contribution in [2.24, 2.45) is 0 Å². The van der Waals surface area contributed by atoms with Crippen molar-refractivity contribution < 1.29 is 14.7 Å². The van der Waals surface area contributed by atoms with Crippen LogP contribution in [0.5, 0.6) is 0 Å². The van der Waals surface area contributed by atoms with E-state index in [2.05, 4.69) is 0 Å². The van der Waals surface area contributed by atoms with Crippen molar-refractivity contribution in [2.45, 2.75) is 26.4 Å². The third-order valence-electron chi connectivity index (χ3n) is 2.43. The number of hydrogen-bond acceptors (Lipinski definition) is 2. The zero-order valence-electron chi connectivity index (χ0n) is 9.38. The summed E-state index contributed by atoms with van der Waals surface area (Å²) in [5.41, 5.74) is 0.922. The number of carbonyl (C=O) groups excluding carboxylic acids is 1. The molecule has 1 atom stereocenters. The number of nitrogens with zero attached hydrogens (tertiary/aromatic N) is 1. The summed E-state index contributed by atoms with van der Waals surface area (Å²) in [4.78, 5) is 23.5. The Morgan fingerprint density at radius 1 is 1.31 bits per heavy atom. The van der Waals surface area contributed by atoms with Crippen molar-refractivity contribution in [3.05, 3.63) is 35.9 Å². The molecule has 86 valence electrons. The van der Waals surface area contributed by atoms with Crippen LogP contribution in [0.2, 0.25) is 0 Å². The molecule has 0 aliphatic heterocycles. The summed E-state index contributed by atoms with van der Waals surface area (Å²) in [5.74, 6) is -1.23. The molecule has 1 amide bonds. The van der Waals surface area contributed by atoms with Crippen LogP contribution < -0.4 is 0 Å². The lowest BCUT2D eigenvalue weighted by molar-refractivity contribution is -0.149. The molecule has 0 aliphatic rings. The van der Waals surface area contributed by atoms with E-state index in [1.54, 1.807) is 0 Å². The van der Waals surface area contributed by atoms with E-state index in [9.17, 15) is 9.59 Å². The number of hydrogen-bond donors (Lipinski definition) is 1. The number of aliphatic carboxylic acids is 1. The molecule has 1 N–H and O–H groups in total. The molecular formula is C12H15NO3. The van der Waals surface area contributed by atoms with Crippen LogP contribution in [0, 0.1) is 0 Å². The topological polar surface area (TPSA) is 57.6 Å². The first-order valence-electron chi connectivity index (χ1n) is 5.06. The van der Waals surface area contributed by atoms with Crippen LogP contribution in [0.3, 0.4) is 0 Å². The monoisotopic (exact) mass is 221 g/mol. The molecule has 1 aromatic rings. The SMILES string of the molecule is CC(=O)N(Cc1ccccc1)C(C)C(=O)O. The first-order chi connectivity index (χ1) is 7.52. The van der Waals surface area contributed by atoms with E-state index in [0.717, 1.165) is 5.56 Å². The lowest BCUT2D eigenvalue weighted by Crippen LogP contribution is -2.41. The maximum absolute atomic E-state index is 11.4. The molecule has 0 radical (unpaired) electrons. The van der Waals surface area contributed by atoms with Gasteiger partial charge in [0.15, 0.2) is 0 Å². The molecule has 0 aromatic heterocycles. The van der Waals surface area contributed by atoms with Gasteiger partial charge in [-0.05, 0) is 12.5 Å². The lowest BCUT2D eigenvalue weighted by atomic mass is 10.2. The van der Waals surface area contributed by atoms with Crippen molar-refractivity contribution >= 4 is 11.9 Å². The Labute approximate surface area is 94.5 Å². The summed E-state index contributed by atoms with van der Waals surface area (Å²) in [6.45, 7) is 3.21. The fraction of sp³-hybridized carbons (Fsp3) is 0.333. The molecule has 0 saturated carbocycles. The van der Waals surface area contributed by atoms with E-state index < -0.39 is 12.0 Å². The van der Waals surface area contributed by atoms with Crippen LogP contribution in [0.15, 0.2) is 30.3 Å². The maximum Gasteiger partial charge on any atom is 0.326 e. The van der Waals surface area contributed by atoms with Crippen molar-refractivity contribution in [3.63, 3.8) is 0 Å². The van der Waals surface area contributed by atoms with Crippen molar-refractivity contribution in [1.29, 1.82) is 0 Å². The standard InChI is InChI=1S/C12H15NO3/c1-9(12(15)16)13(10(2)14)8-11-6-4-3-5-7-11/h3-7,9H,8H2,1-2H3,(H,15,16). The molecule has 16 heavy (non-hydrogen) atoms. The van der Waals surface area contributed by atoms with E-state index in [-0.39, 0.29) is 5.91 Å². The summed E-state index contributed by atoms with van der Waals surface area (Å²) in [5, 5.41) is 8.89. The molecule has 0 aliphatic carbocycles. The molecule has 1 aromatic carbocycles. The van der Waals surface area contributed by atoms with Crippen molar-refractivity contribution in [1.82, 2.24) is 4.90 Å². The van der Waals surface area contributed by atoms with Crippen molar-refractivity contribution in [3.8, 4) is 0 Å². The summed E-state index contributed by atoms with van der Waals surface area (Å²) < 4.78 is 0. The van der Waals surface area contributed by atoms with Gasteiger partial charge in [0.25, 0.3) is 0 Å². The Bertz CT molecular complexity index is 375. The number of amides is 1. The molecule has 0 saturated heterocycles. The van der Waals surface area contributed by atoms with E-state index >= 15 is 0 Å². The molecule has 4 heteroatoms. The van der Waals surface area contributed by atoms with Gasteiger partial charge in [-0.3, -0.25) is 4.79 Å². The Balaban J connectivity index is 2.81. The minimum atomic E-state index is -0.994. The van der Waals surface area contributed by atoms with Gasteiger partial charge in [-0.15, -0.1) is 0 Å². The zero-order valence-corrected chi connectivity index (χ0v) is 9.38. The maximum atomic E-state index is 11.4. The number of carboxylic acids is 1. The minimum Gasteiger partial charge on any atom is -0.480 e. The van der Waals surface area contributed by atoms with Gasteiger partial charge in [-0.1, -0.05) is 30.3 Å². The van der Waals surface area contributed by atoms with Crippen LogP contribution >= 0.6 is 0 Å². The van der Waals surface area contributed by atoms with Gasteiger partial charge in [0.1, 0.15) is 6.04 Å². The second-order valence-electron chi connectivity index (χ2n) is 3.65. The second-order valence-corrected chi connectivity index (χ2v) is 3.65. The zero-order chi connectivity index (χ0) is 12.1. The van der Waals surface area contributed by atoms with Gasteiger partial charge in [0.2, 0.25) is 5.91 Å². The van der Waals surface area contributed by atoms with Crippen LogP contribution in [0.4, 0.5) is 0 Å². The van der Waals surface area contributed by atoms with Crippen LogP contribution in [0.1, 0.15) is 19.4 Å². The molecule has 1 unspecified atom stereocenters. The van der Waals surface area contributed by atoms with E-state index in [1.165, 1.54) is 18.7 Å². The van der Waals surface area contributed by atoms with Gasteiger partial charge < -0.3 is 10.0 Å². The summed E-state index contributed by atoms with van der Waals surface area (Å²) in [6, 6.07) is 8.52. The Kier molecular flexibility index (Phi) is 4.05. The molecule has 0 bridgehead atoms. The highest BCUT2D eigenvalue weighted by atomic mass is 16.4. The van der Waals surface area contributed by atoms with E-state index in [0.29, 0.717) is 6.54 Å². The Morgan fingerprint density at radius 2 is 1.88 bits per heavy atom. The molecular weight excluding hydrogens is 206 g/mol. The smallest absolute Gasteiger partial charge is 0.326 e. The summed E-state index contributed by atoms with van der Waals surface area (Å²) >= 11 is 0. The number of carboxylic acid groups (broad SMARTS) is 1. The highest BCUT2D eigenvalue weighted by Crippen LogP contribution is 2.08. The predicted octanol–water partition coefficient (Wildman–Crippen LogP) is 1.51. The van der Waals surface area contributed by atoms with Gasteiger partial charge in [0, 0.05) is 13.5 Å². The van der Waals surface area contributed by atoms with Crippen molar-refractivity contribution in [2.75, 3.05) is 0 Å². The van der Waals surface area contributed by atoms with Crippen LogP contribution in [0.25, 0.3) is 0 Å². The first kappa shape index (κ1) is 12.2. The third kappa shape index (κ3) is 3.08. The lowest BCUT2D eigenvalue weighted by Gasteiger charge is -2.25. The van der Waals surface area contributed by atoms with E-state index in [4.69, 9.17) is 5.11 Å². The quantitative estimate of drug-likeness (QED) is 0.838. The Morgan fingerprint density at radius 3 is 2.31 bits per heavy atom. The molecule has 0 fully saturated rings. The average Bonchev–Trinajstić information content (AvgIpc) is 2.26. The number of rotatable bonds is 4. The fourth-order valence-corrected chi connectivity index (χ4v) is 1.43. The average molecular weight is 221 g/mol. The molecule has 4 nitrogen and oxygen atoms in total. The van der Waals surface area contributed by atoms with E-state index in [1.807, 2.05) is 30.3 Å². The second kappa shape index (κ2) is 5.30. The van der Waals surface area contributed by atoms with Gasteiger partial charge >= 0.3 is 5.97 Å². The summed E-state index contributed by atoms with van der Waals surface area (Å²) in [7, 11) is 0. The first-order valence-corrected chi connectivity index (χ1v) is 5.06. The fourth-order valence-electron chi connectivity index (χ4n) is 1.43. The minimum absolute atomic E-state index is 0.237. The van der Waals surface area contributed by atoms with Gasteiger partial charge in [0.05, 0.1) is 0 Å². The third-order valence-corrected chi connectivity index (χ3v) is 2.43. The van der Waals surface area contributed by atoms with Crippen LogP contribution in [-0.4, -0.2) is 27.9 Å². The van der Waals surface area contributed by atoms with Gasteiger partial charge in [-0.25, -0.2) is 4.79 Å². The van der Waals surface area contributed by atoms with Gasteiger partial charge in [-0.2, -0.15) is 0 Å². The highest BCUT2D eigenvalue weighted by molar-refractivity contribution is 5.81. The largest absolute Gasteiger partial charge is 0.480 e. The Hall–Kier alpha value is -1.84. The van der Waals surface area contributed by atoms with Crippen LogP contribution in [-0.2, 0) is 16.1 Å². The number of carbonyl (C=O) groups is 2. The summed E-state index contributed by atoms with van der Waals surface area (Å²) in [6.07, 6.45) is 0. The molecule has 1 rings (SSSR count). The highest BCUT2D eigenvalue weighted by Gasteiger charge is 2.22. The molecule has 0 spiro atoms.